The molecule has 3 rings (SSSR count). The second-order valence-corrected chi connectivity index (χ2v) is 7.53. The van der Waals surface area contributed by atoms with E-state index in [9.17, 15) is 18.0 Å². The highest BCUT2D eigenvalue weighted by Crippen LogP contribution is 2.37. The second kappa shape index (κ2) is 11.2. The summed E-state index contributed by atoms with van der Waals surface area (Å²) in [5.41, 5.74) is 7.13. The van der Waals surface area contributed by atoms with E-state index in [0.29, 0.717) is 53.7 Å². The average molecular weight is 463 g/mol. The molecule has 0 saturated heterocycles. The lowest BCUT2D eigenvalue weighted by molar-refractivity contribution is -0.181. The number of nitrogens with two attached hydrogens (primary N) is 1. The molecule has 0 atom stereocenters. The van der Waals surface area contributed by atoms with E-state index in [1.807, 2.05) is 0 Å². The molecule has 4 N–H and O–H groups in total. The lowest BCUT2D eigenvalue weighted by Crippen LogP contribution is -2.24. The summed E-state index contributed by atoms with van der Waals surface area (Å²) in [5, 5.41) is 15.6. The summed E-state index contributed by atoms with van der Waals surface area (Å²) in [4.78, 5) is 10.8. The van der Waals surface area contributed by atoms with Crippen LogP contribution in [0.2, 0.25) is 5.02 Å². The fourth-order valence-electron chi connectivity index (χ4n) is 3.35. The molecule has 1 aromatic carbocycles. The first-order valence-electron chi connectivity index (χ1n) is 9.85. The molecule has 0 radical (unpaired) electrons. The van der Waals surface area contributed by atoms with Gasteiger partial charge in [-0.25, -0.2) is 4.79 Å². The maximum Gasteiger partial charge on any atom is 0.409 e. The lowest BCUT2D eigenvalue weighted by atomic mass is 9.89. The standard InChI is InChI=1S/C13H15ClN4O3.C7H11F3/c1-18-12(10(14)7-16-18)9-6-8(17-13(19)20)2-3-11(9)21-5-4-15;8-7(9,10)6-4-2-1-3-5-6/h2-3,6-7,17H,4-5,15H2,1H3,(H,19,20);6H,1-5H2. The molecular weight excluding hydrogens is 437 g/mol. The number of carbonyl (C=O) groups is 1. The first-order chi connectivity index (χ1) is 14.6. The van der Waals surface area contributed by atoms with E-state index in [0.717, 1.165) is 19.3 Å². The van der Waals surface area contributed by atoms with Crippen LogP contribution < -0.4 is 15.8 Å². The van der Waals surface area contributed by atoms with Crippen LogP contribution in [0, 0.1) is 5.92 Å². The molecule has 1 aliphatic carbocycles. The van der Waals surface area contributed by atoms with E-state index < -0.39 is 18.2 Å². The smallest absolute Gasteiger partial charge is 0.409 e. The maximum atomic E-state index is 11.9. The third kappa shape index (κ3) is 7.32. The minimum absolute atomic E-state index is 0.341. The van der Waals surface area contributed by atoms with Crippen molar-refractivity contribution in [3.63, 3.8) is 0 Å². The molecule has 1 aliphatic rings. The van der Waals surface area contributed by atoms with Gasteiger partial charge in [0.15, 0.2) is 0 Å². The maximum absolute atomic E-state index is 11.9. The Balaban J connectivity index is 0.000000285. The van der Waals surface area contributed by atoms with Crippen LogP contribution >= 0.6 is 11.6 Å². The molecule has 0 bridgehead atoms. The Morgan fingerprint density at radius 3 is 2.52 bits per heavy atom. The van der Waals surface area contributed by atoms with Crippen molar-refractivity contribution < 1.29 is 27.8 Å². The van der Waals surface area contributed by atoms with Crippen molar-refractivity contribution in [3.05, 3.63) is 29.4 Å². The molecule has 0 spiro atoms. The quantitative estimate of drug-likeness (QED) is 0.559. The molecule has 31 heavy (non-hydrogen) atoms. The number of nitrogens with one attached hydrogen (secondary N) is 1. The Morgan fingerprint density at radius 2 is 2.03 bits per heavy atom. The Bertz CT molecular complexity index is 848. The minimum Gasteiger partial charge on any atom is -0.492 e. The van der Waals surface area contributed by atoms with Crippen LogP contribution in [0.5, 0.6) is 5.75 Å². The highest BCUT2D eigenvalue weighted by atomic mass is 35.5. The van der Waals surface area contributed by atoms with Crippen molar-refractivity contribution in [2.75, 3.05) is 18.5 Å². The van der Waals surface area contributed by atoms with E-state index >= 15 is 0 Å². The van der Waals surface area contributed by atoms with Gasteiger partial charge in [0.2, 0.25) is 0 Å². The van der Waals surface area contributed by atoms with Crippen molar-refractivity contribution >= 4 is 23.4 Å². The SMILES string of the molecule is Cn1ncc(Cl)c1-c1cc(NC(=O)O)ccc1OCCN.FC(F)(F)C1CCCCC1. The van der Waals surface area contributed by atoms with Gasteiger partial charge in [0.1, 0.15) is 12.4 Å². The fraction of sp³-hybridized carbons (Fsp3) is 0.500. The fourth-order valence-corrected chi connectivity index (χ4v) is 3.62. The summed E-state index contributed by atoms with van der Waals surface area (Å²) in [7, 11) is 1.74. The zero-order valence-electron chi connectivity index (χ0n) is 17.1. The summed E-state index contributed by atoms with van der Waals surface area (Å²) in [6.07, 6.45) is -0.373. The summed E-state index contributed by atoms with van der Waals surface area (Å²) < 4.78 is 43.0. The van der Waals surface area contributed by atoms with Crippen LogP contribution in [0.4, 0.5) is 23.7 Å². The number of hydrogen-bond donors (Lipinski definition) is 3. The van der Waals surface area contributed by atoms with Gasteiger partial charge in [-0.05, 0) is 31.0 Å². The van der Waals surface area contributed by atoms with E-state index in [4.69, 9.17) is 27.2 Å². The van der Waals surface area contributed by atoms with Crippen LogP contribution in [0.25, 0.3) is 11.3 Å². The van der Waals surface area contributed by atoms with E-state index in [2.05, 4.69) is 10.4 Å². The molecule has 11 heteroatoms. The molecule has 2 aromatic rings. The number of aromatic nitrogens is 2. The average Bonchev–Trinajstić information content (AvgIpc) is 3.05. The number of halogens is 4. The van der Waals surface area contributed by atoms with Crippen molar-refractivity contribution in [1.82, 2.24) is 9.78 Å². The number of nitrogens with zero attached hydrogens (tertiary/aromatic N) is 2. The van der Waals surface area contributed by atoms with Gasteiger partial charge >= 0.3 is 12.3 Å². The van der Waals surface area contributed by atoms with Crippen molar-refractivity contribution in [1.29, 1.82) is 0 Å². The highest BCUT2D eigenvalue weighted by Gasteiger charge is 2.39. The lowest BCUT2D eigenvalue weighted by Gasteiger charge is -2.23. The second-order valence-electron chi connectivity index (χ2n) is 7.12. The first kappa shape index (κ1) is 24.8. The van der Waals surface area contributed by atoms with Crippen LogP contribution in [0.3, 0.4) is 0 Å². The summed E-state index contributed by atoms with van der Waals surface area (Å²) in [6, 6.07) is 4.91. The van der Waals surface area contributed by atoms with E-state index in [1.165, 1.54) is 6.20 Å². The molecule has 172 valence electrons. The number of rotatable bonds is 5. The molecular formula is C20H26ClF3N4O3. The predicted octanol–water partition coefficient (Wildman–Crippen LogP) is 5.30. The molecule has 0 unspecified atom stereocenters. The molecule has 1 heterocycles. The van der Waals surface area contributed by atoms with Gasteiger partial charge < -0.3 is 15.6 Å². The molecule has 1 aromatic heterocycles. The first-order valence-corrected chi connectivity index (χ1v) is 10.2. The van der Waals surface area contributed by atoms with Crippen LogP contribution in [-0.2, 0) is 7.05 Å². The number of aryl methyl sites for hydroxylation is 1. The number of hydrogen-bond acceptors (Lipinski definition) is 4. The van der Waals surface area contributed by atoms with Gasteiger partial charge in [0.25, 0.3) is 0 Å². The Hall–Kier alpha value is -2.46. The predicted molar refractivity (Wildman–Crippen MR) is 112 cm³/mol. The van der Waals surface area contributed by atoms with Gasteiger partial charge in [0.05, 0.1) is 22.8 Å². The molecule has 0 aliphatic heterocycles. The number of amides is 1. The normalized spacial score (nSPS) is 14.5. The Morgan fingerprint density at radius 1 is 1.35 bits per heavy atom. The number of ether oxygens (including phenoxy) is 1. The minimum atomic E-state index is -3.93. The Labute approximate surface area is 183 Å². The third-order valence-corrected chi connectivity index (χ3v) is 5.10. The van der Waals surface area contributed by atoms with Gasteiger partial charge in [0, 0.05) is 24.8 Å². The number of alkyl halides is 3. The Kier molecular flexibility index (Phi) is 9.00. The highest BCUT2D eigenvalue weighted by molar-refractivity contribution is 6.33. The van der Waals surface area contributed by atoms with Crippen LogP contribution in [0.1, 0.15) is 32.1 Å². The van der Waals surface area contributed by atoms with Crippen LogP contribution in [-0.4, -0.2) is 40.3 Å². The third-order valence-electron chi connectivity index (χ3n) is 4.82. The topological polar surface area (TPSA) is 102 Å². The van der Waals surface area contributed by atoms with Crippen molar-refractivity contribution in [2.45, 2.75) is 38.3 Å². The summed E-state index contributed by atoms with van der Waals surface area (Å²) >= 11 is 6.14. The summed E-state index contributed by atoms with van der Waals surface area (Å²) in [5.74, 6) is -0.442. The van der Waals surface area contributed by atoms with Crippen molar-refractivity contribution in [3.8, 4) is 17.0 Å². The zero-order valence-corrected chi connectivity index (χ0v) is 17.8. The summed E-state index contributed by atoms with van der Waals surface area (Å²) in [6.45, 7) is 0.710. The van der Waals surface area contributed by atoms with Crippen molar-refractivity contribution in [2.24, 2.45) is 18.7 Å². The van der Waals surface area contributed by atoms with E-state index in [1.54, 1.807) is 29.9 Å². The monoisotopic (exact) mass is 462 g/mol. The van der Waals surface area contributed by atoms with Crippen LogP contribution in [0.15, 0.2) is 24.4 Å². The molecule has 1 amide bonds. The largest absolute Gasteiger partial charge is 0.492 e. The molecule has 7 nitrogen and oxygen atoms in total. The molecule has 1 saturated carbocycles. The van der Waals surface area contributed by atoms with Gasteiger partial charge in [-0.2, -0.15) is 18.3 Å². The van der Waals surface area contributed by atoms with Gasteiger partial charge in [-0.15, -0.1) is 0 Å². The van der Waals surface area contributed by atoms with E-state index in [-0.39, 0.29) is 0 Å². The van der Waals surface area contributed by atoms with Gasteiger partial charge in [-0.3, -0.25) is 10.00 Å². The molecule has 1 fully saturated rings. The zero-order chi connectivity index (χ0) is 23.0. The number of carboxylic acid groups (broad SMARTS) is 1. The number of benzene rings is 1. The number of anilines is 1. The van der Waals surface area contributed by atoms with Gasteiger partial charge in [-0.1, -0.05) is 30.9 Å².